The molecule has 2 heterocycles. The summed E-state index contributed by atoms with van der Waals surface area (Å²) in [7, 11) is 3.45. The molecule has 0 spiro atoms. The van der Waals surface area contributed by atoms with Crippen molar-refractivity contribution in [2.24, 2.45) is 10.2 Å². The highest BCUT2D eigenvalue weighted by molar-refractivity contribution is 7.15. The Kier molecular flexibility index (Phi) is 10.8. The van der Waals surface area contributed by atoms with E-state index in [0.717, 1.165) is 59.5 Å². The molecule has 0 unspecified atom stereocenters. The van der Waals surface area contributed by atoms with Crippen molar-refractivity contribution >= 4 is 45.7 Å². The maximum Gasteiger partial charge on any atom is 0.230 e. The number of hydrogen-bond acceptors (Lipinski definition) is 8. The van der Waals surface area contributed by atoms with Crippen molar-refractivity contribution in [2.45, 2.75) is 57.8 Å². The number of hydrogen-bond donors (Lipinski definition) is 2. The first-order chi connectivity index (χ1) is 19.8. The van der Waals surface area contributed by atoms with Crippen LogP contribution >= 0.6 is 11.3 Å². The molecule has 0 aliphatic carbocycles. The van der Waals surface area contributed by atoms with E-state index >= 15 is 0 Å². The second-order valence-electron chi connectivity index (χ2n) is 10.1. The van der Waals surface area contributed by atoms with E-state index in [1.54, 1.807) is 19.0 Å². The second kappa shape index (κ2) is 14.9. The van der Waals surface area contributed by atoms with Crippen molar-refractivity contribution < 1.29 is 14.4 Å². The molecular formula is C30H35N7O3S. The Labute approximate surface area is 244 Å². The standard InChI is InChI=1S/C30H35N7O3S/c1-37(2)29(40)20-23-12-8-11-22(17-23)19-27(39)32-30-36-35-28(41-30)14-7-6-13-24-15-16-25(34-33-24)31-26(38)18-21-9-4-3-5-10-21/h3-5,8-12,17H,6-7,13-16,18-20H2,1-2H3,(H,31,34,38)(H,32,36,39). The van der Waals surface area contributed by atoms with Crippen LogP contribution in [0.3, 0.4) is 0 Å². The van der Waals surface area contributed by atoms with E-state index in [4.69, 9.17) is 0 Å². The number of carbonyl (C=O) groups excluding carboxylic acids is 3. The lowest BCUT2D eigenvalue weighted by Crippen LogP contribution is -2.33. The smallest absolute Gasteiger partial charge is 0.230 e. The number of benzene rings is 2. The third-order valence-electron chi connectivity index (χ3n) is 6.48. The second-order valence-corrected chi connectivity index (χ2v) is 11.2. The highest BCUT2D eigenvalue weighted by Gasteiger charge is 2.14. The van der Waals surface area contributed by atoms with E-state index in [2.05, 4.69) is 31.0 Å². The average molecular weight is 574 g/mol. The van der Waals surface area contributed by atoms with Gasteiger partial charge in [0.15, 0.2) is 0 Å². The molecule has 3 aromatic rings. The maximum atomic E-state index is 12.5. The summed E-state index contributed by atoms with van der Waals surface area (Å²) in [5.41, 5.74) is 3.72. The lowest BCUT2D eigenvalue weighted by atomic mass is 10.1. The average Bonchev–Trinajstić information content (AvgIpc) is 3.39. The predicted molar refractivity (Wildman–Crippen MR) is 161 cm³/mol. The summed E-state index contributed by atoms with van der Waals surface area (Å²) in [6.07, 6.45) is 5.76. The van der Waals surface area contributed by atoms with Gasteiger partial charge >= 0.3 is 0 Å². The van der Waals surface area contributed by atoms with Crippen LogP contribution in [0.4, 0.5) is 5.13 Å². The normalized spacial score (nSPS) is 12.7. The Balaban J connectivity index is 1.15. The molecule has 1 aliphatic heterocycles. The van der Waals surface area contributed by atoms with Crippen molar-refractivity contribution in [1.29, 1.82) is 0 Å². The summed E-state index contributed by atoms with van der Waals surface area (Å²) >= 11 is 1.38. The number of aromatic nitrogens is 2. The Bertz CT molecular complexity index is 1420. The molecule has 10 nitrogen and oxygen atoms in total. The van der Waals surface area contributed by atoms with Crippen molar-refractivity contribution in [1.82, 2.24) is 20.4 Å². The molecule has 11 heteroatoms. The van der Waals surface area contributed by atoms with Crippen LogP contribution in [-0.4, -0.2) is 58.5 Å². The zero-order valence-corrected chi connectivity index (χ0v) is 24.2. The molecule has 41 heavy (non-hydrogen) atoms. The molecule has 3 amide bonds. The molecule has 1 aliphatic rings. The molecule has 2 N–H and O–H groups in total. The van der Waals surface area contributed by atoms with Gasteiger partial charge < -0.3 is 15.5 Å². The van der Waals surface area contributed by atoms with Crippen LogP contribution in [0.1, 0.15) is 53.8 Å². The number of carbonyl (C=O) groups is 3. The molecule has 0 radical (unpaired) electrons. The van der Waals surface area contributed by atoms with Crippen molar-refractivity contribution in [3.63, 3.8) is 0 Å². The molecular weight excluding hydrogens is 538 g/mol. The molecule has 214 valence electrons. The first kappa shape index (κ1) is 29.7. The lowest BCUT2D eigenvalue weighted by Gasteiger charge is -2.13. The SMILES string of the molecule is CN(C)C(=O)Cc1cccc(CC(=O)Nc2nnc(CCCCC3=NN=C(NC(=O)Cc4ccccc4)CC3)s2)c1. The highest BCUT2D eigenvalue weighted by atomic mass is 32.1. The molecule has 4 rings (SSSR count). The van der Waals surface area contributed by atoms with Crippen molar-refractivity contribution in [3.8, 4) is 0 Å². The number of unbranched alkanes of at least 4 members (excludes halogenated alkanes) is 1. The predicted octanol–water partition coefficient (Wildman–Crippen LogP) is 3.97. The monoisotopic (exact) mass is 573 g/mol. The topological polar surface area (TPSA) is 129 Å². The third-order valence-corrected chi connectivity index (χ3v) is 7.38. The van der Waals surface area contributed by atoms with Crippen LogP contribution in [0, 0.1) is 0 Å². The Hall–Kier alpha value is -4.25. The van der Waals surface area contributed by atoms with Gasteiger partial charge in [0.05, 0.1) is 19.3 Å². The lowest BCUT2D eigenvalue weighted by molar-refractivity contribution is -0.128. The summed E-state index contributed by atoms with van der Waals surface area (Å²) in [4.78, 5) is 38.3. The fourth-order valence-corrected chi connectivity index (χ4v) is 5.08. The number of aryl methyl sites for hydroxylation is 1. The number of anilines is 1. The van der Waals surface area contributed by atoms with Crippen LogP contribution in [0.25, 0.3) is 0 Å². The van der Waals surface area contributed by atoms with Gasteiger partial charge in [0.2, 0.25) is 22.9 Å². The number of likely N-dealkylation sites (N-methyl/N-ethyl adjacent to an activating group) is 1. The van der Waals surface area contributed by atoms with Gasteiger partial charge in [0.25, 0.3) is 0 Å². The quantitative estimate of drug-likeness (QED) is 0.317. The fourth-order valence-electron chi connectivity index (χ4n) is 4.28. The van der Waals surface area contributed by atoms with Crippen LogP contribution < -0.4 is 10.6 Å². The van der Waals surface area contributed by atoms with E-state index < -0.39 is 0 Å². The largest absolute Gasteiger partial charge is 0.349 e. The zero-order chi connectivity index (χ0) is 29.0. The number of nitrogens with one attached hydrogen (secondary N) is 2. The van der Waals surface area contributed by atoms with Gasteiger partial charge in [-0.2, -0.15) is 5.10 Å². The van der Waals surface area contributed by atoms with Gasteiger partial charge in [0, 0.05) is 32.6 Å². The van der Waals surface area contributed by atoms with Gasteiger partial charge in [-0.3, -0.25) is 14.4 Å². The summed E-state index contributed by atoms with van der Waals surface area (Å²) in [5.74, 6) is 0.381. The number of nitrogens with zero attached hydrogens (tertiary/aromatic N) is 5. The van der Waals surface area contributed by atoms with Crippen LogP contribution in [0.2, 0.25) is 0 Å². The van der Waals surface area contributed by atoms with Crippen LogP contribution in [0.15, 0.2) is 64.8 Å². The Morgan fingerprint density at radius 3 is 2.20 bits per heavy atom. The Morgan fingerprint density at radius 2 is 1.46 bits per heavy atom. The molecule has 0 bridgehead atoms. The maximum absolute atomic E-state index is 12.5. The molecule has 0 fully saturated rings. The first-order valence-electron chi connectivity index (χ1n) is 13.7. The molecule has 2 aromatic carbocycles. The van der Waals surface area contributed by atoms with Crippen molar-refractivity contribution in [3.05, 3.63) is 76.3 Å². The number of amides is 3. The minimum atomic E-state index is -0.171. The third kappa shape index (κ3) is 10.0. The minimum Gasteiger partial charge on any atom is -0.349 e. The summed E-state index contributed by atoms with van der Waals surface area (Å²) in [6, 6.07) is 17.1. The van der Waals surface area contributed by atoms with Gasteiger partial charge in [-0.25, -0.2) is 0 Å². The van der Waals surface area contributed by atoms with Crippen LogP contribution in [-0.2, 0) is 40.1 Å². The number of amidine groups is 1. The minimum absolute atomic E-state index is 0.0162. The molecule has 0 saturated carbocycles. The van der Waals surface area contributed by atoms with E-state index in [9.17, 15) is 14.4 Å². The molecule has 0 atom stereocenters. The summed E-state index contributed by atoms with van der Waals surface area (Å²) < 4.78 is 0. The first-order valence-corrected chi connectivity index (χ1v) is 14.5. The van der Waals surface area contributed by atoms with E-state index in [1.807, 2.05) is 54.6 Å². The van der Waals surface area contributed by atoms with Crippen LogP contribution in [0.5, 0.6) is 0 Å². The zero-order valence-electron chi connectivity index (χ0n) is 23.4. The van der Waals surface area contributed by atoms with Gasteiger partial charge in [0.1, 0.15) is 10.8 Å². The number of rotatable bonds is 12. The highest BCUT2D eigenvalue weighted by Crippen LogP contribution is 2.19. The van der Waals surface area contributed by atoms with E-state index in [1.165, 1.54) is 11.3 Å². The molecule has 0 saturated heterocycles. The fraction of sp³-hybridized carbons (Fsp3) is 0.367. The summed E-state index contributed by atoms with van der Waals surface area (Å²) in [6.45, 7) is 0. The van der Waals surface area contributed by atoms with Gasteiger partial charge in [-0.05, 0) is 42.4 Å². The van der Waals surface area contributed by atoms with Gasteiger partial charge in [-0.1, -0.05) is 65.9 Å². The Morgan fingerprint density at radius 1 is 0.780 bits per heavy atom. The summed E-state index contributed by atoms with van der Waals surface area (Å²) in [5, 5.41) is 23.9. The van der Waals surface area contributed by atoms with E-state index in [-0.39, 0.29) is 24.1 Å². The van der Waals surface area contributed by atoms with Gasteiger partial charge in [-0.15, -0.1) is 15.3 Å². The molecule has 1 aromatic heterocycles. The van der Waals surface area contributed by atoms with E-state index in [0.29, 0.717) is 30.2 Å². The van der Waals surface area contributed by atoms with Crippen molar-refractivity contribution in [2.75, 3.05) is 19.4 Å².